The van der Waals surface area contributed by atoms with Crippen molar-refractivity contribution in [2.45, 2.75) is 16.7 Å². The van der Waals surface area contributed by atoms with Crippen molar-refractivity contribution in [3.05, 3.63) is 109 Å². The number of anilines is 2. The fraction of sp³-hybridized carbons (Fsp3) is 0.107. The van der Waals surface area contributed by atoms with Crippen molar-refractivity contribution in [1.82, 2.24) is 0 Å². The molecule has 1 amide bonds. The molecule has 0 fully saturated rings. The molecule has 36 heavy (non-hydrogen) atoms. The van der Waals surface area contributed by atoms with E-state index in [-0.39, 0.29) is 17.3 Å². The van der Waals surface area contributed by atoms with E-state index in [9.17, 15) is 13.2 Å². The predicted octanol–water partition coefficient (Wildman–Crippen LogP) is 6.67. The van der Waals surface area contributed by atoms with Crippen LogP contribution in [0.25, 0.3) is 0 Å². The number of sulfonamides is 1. The van der Waals surface area contributed by atoms with Crippen molar-refractivity contribution in [3.63, 3.8) is 0 Å². The molecule has 0 aliphatic heterocycles. The summed E-state index contributed by atoms with van der Waals surface area (Å²) < 4.78 is 33.7. The number of amides is 1. The van der Waals surface area contributed by atoms with Gasteiger partial charge in [0.05, 0.1) is 16.3 Å². The number of benzene rings is 4. The smallest absolute Gasteiger partial charge is 0.264 e. The highest BCUT2D eigenvalue weighted by Crippen LogP contribution is 2.30. The summed E-state index contributed by atoms with van der Waals surface area (Å²) in [5.74, 6) is 0.848. The van der Waals surface area contributed by atoms with Gasteiger partial charge in [0.2, 0.25) is 0 Å². The van der Waals surface area contributed by atoms with Crippen LogP contribution in [0.1, 0.15) is 17.3 Å². The van der Waals surface area contributed by atoms with Crippen molar-refractivity contribution in [2.75, 3.05) is 22.4 Å². The average molecular weight is 519 g/mol. The predicted molar refractivity (Wildman–Crippen MR) is 146 cm³/mol. The van der Waals surface area contributed by atoms with Crippen LogP contribution in [0, 0.1) is 0 Å². The maximum atomic E-state index is 13.2. The number of hydrogen-bond acceptors (Lipinski definition) is 5. The van der Waals surface area contributed by atoms with Crippen LogP contribution >= 0.6 is 11.8 Å². The van der Waals surface area contributed by atoms with E-state index in [4.69, 9.17) is 4.74 Å². The second-order valence-electron chi connectivity index (χ2n) is 7.76. The first-order valence-electron chi connectivity index (χ1n) is 11.3. The van der Waals surface area contributed by atoms with Gasteiger partial charge in [0.25, 0.3) is 15.9 Å². The lowest BCUT2D eigenvalue weighted by Crippen LogP contribution is -2.30. The minimum Gasteiger partial charge on any atom is -0.455 e. The highest BCUT2D eigenvalue weighted by molar-refractivity contribution is 7.98. The maximum Gasteiger partial charge on any atom is 0.264 e. The maximum absolute atomic E-state index is 13.2. The van der Waals surface area contributed by atoms with Crippen molar-refractivity contribution < 1.29 is 17.9 Å². The normalized spacial score (nSPS) is 11.1. The molecule has 0 heterocycles. The fourth-order valence-electron chi connectivity index (χ4n) is 3.61. The van der Waals surface area contributed by atoms with E-state index >= 15 is 0 Å². The van der Waals surface area contributed by atoms with E-state index in [0.29, 0.717) is 28.4 Å². The minimum atomic E-state index is -3.74. The van der Waals surface area contributed by atoms with E-state index in [1.165, 1.54) is 4.31 Å². The molecule has 0 aliphatic carbocycles. The zero-order chi connectivity index (χ0) is 25.5. The summed E-state index contributed by atoms with van der Waals surface area (Å²) in [6, 6.07) is 29.8. The molecule has 0 unspecified atom stereocenters. The van der Waals surface area contributed by atoms with Crippen LogP contribution in [-0.2, 0) is 10.0 Å². The Bertz CT molecular complexity index is 1420. The lowest BCUT2D eigenvalue weighted by molar-refractivity contribution is 0.102. The van der Waals surface area contributed by atoms with Gasteiger partial charge in [0, 0.05) is 17.0 Å². The summed E-state index contributed by atoms with van der Waals surface area (Å²) in [6.45, 7) is 2.03. The summed E-state index contributed by atoms with van der Waals surface area (Å²) in [5, 5.41) is 2.88. The highest BCUT2D eigenvalue weighted by Gasteiger charge is 2.24. The summed E-state index contributed by atoms with van der Waals surface area (Å²) in [6.07, 6.45) is 1.94. The molecular weight excluding hydrogens is 492 g/mol. The third-order valence-corrected chi connectivity index (χ3v) is 8.12. The number of para-hydroxylation sites is 3. The topological polar surface area (TPSA) is 75.7 Å². The van der Waals surface area contributed by atoms with Gasteiger partial charge in [-0.1, -0.05) is 30.3 Å². The number of thioether (sulfide) groups is 1. The Morgan fingerprint density at radius 1 is 0.861 bits per heavy atom. The number of nitrogens with one attached hydrogen (secondary N) is 1. The number of rotatable bonds is 9. The standard InChI is InChI=1S/C28H26N2O4S2/c1-3-30(36(32,33)25-19-17-24(35-2)18-20-25)22-15-13-21(14-16-22)28(31)29-26-11-7-8-12-27(26)34-23-9-5-4-6-10-23/h4-20H,3H2,1-2H3,(H,29,31). The molecule has 0 spiro atoms. The van der Waals surface area contributed by atoms with Gasteiger partial charge in [0.1, 0.15) is 5.75 Å². The molecule has 4 aromatic rings. The van der Waals surface area contributed by atoms with Crippen LogP contribution in [-0.4, -0.2) is 27.1 Å². The van der Waals surface area contributed by atoms with Gasteiger partial charge in [-0.2, -0.15) is 0 Å². The third-order valence-electron chi connectivity index (χ3n) is 5.46. The molecule has 0 aromatic heterocycles. The van der Waals surface area contributed by atoms with Crippen LogP contribution in [0.2, 0.25) is 0 Å². The Labute approximate surface area is 216 Å². The number of nitrogens with zero attached hydrogens (tertiary/aromatic N) is 1. The quantitative estimate of drug-likeness (QED) is 0.251. The lowest BCUT2D eigenvalue weighted by atomic mass is 10.2. The highest BCUT2D eigenvalue weighted by atomic mass is 32.2. The van der Waals surface area contributed by atoms with E-state index in [1.54, 1.807) is 79.3 Å². The van der Waals surface area contributed by atoms with Crippen molar-refractivity contribution in [1.29, 1.82) is 0 Å². The van der Waals surface area contributed by atoms with E-state index in [2.05, 4.69) is 5.32 Å². The number of ether oxygens (including phenoxy) is 1. The SMILES string of the molecule is CCN(c1ccc(C(=O)Nc2ccccc2Oc2ccccc2)cc1)S(=O)(=O)c1ccc(SC)cc1. The summed E-state index contributed by atoms with van der Waals surface area (Å²) in [4.78, 5) is 14.2. The van der Waals surface area contributed by atoms with Crippen molar-refractivity contribution in [3.8, 4) is 11.5 Å². The van der Waals surface area contributed by atoms with Crippen LogP contribution < -0.4 is 14.4 Å². The molecule has 0 radical (unpaired) electrons. The molecule has 0 saturated heterocycles. The molecule has 1 N–H and O–H groups in total. The second-order valence-corrected chi connectivity index (χ2v) is 10.5. The summed E-state index contributed by atoms with van der Waals surface area (Å²) in [7, 11) is -3.74. The second kappa shape index (κ2) is 11.3. The summed E-state index contributed by atoms with van der Waals surface area (Å²) >= 11 is 1.55. The molecule has 0 saturated carbocycles. The van der Waals surface area contributed by atoms with Gasteiger partial charge >= 0.3 is 0 Å². The molecular formula is C28H26N2O4S2. The molecule has 4 rings (SSSR count). The number of carbonyl (C=O) groups excluding carboxylic acids is 1. The van der Waals surface area contributed by atoms with Gasteiger partial charge in [0.15, 0.2) is 5.75 Å². The monoisotopic (exact) mass is 518 g/mol. The Morgan fingerprint density at radius 2 is 1.50 bits per heavy atom. The molecule has 4 aromatic carbocycles. The molecule has 0 atom stereocenters. The lowest BCUT2D eigenvalue weighted by Gasteiger charge is -2.23. The van der Waals surface area contributed by atoms with E-state index < -0.39 is 10.0 Å². The Balaban J connectivity index is 1.51. The van der Waals surface area contributed by atoms with Crippen LogP contribution in [0.5, 0.6) is 11.5 Å². The van der Waals surface area contributed by atoms with Crippen LogP contribution in [0.15, 0.2) is 113 Å². The van der Waals surface area contributed by atoms with E-state index in [0.717, 1.165) is 4.90 Å². The molecule has 0 bridgehead atoms. The molecule has 8 heteroatoms. The summed E-state index contributed by atoms with van der Waals surface area (Å²) in [5.41, 5.74) is 1.41. The Kier molecular flexibility index (Phi) is 7.97. The Morgan fingerprint density at radius 3 is 2.14 bits per heavy atom. The first kappa shape index (κ1) is 25.3. The van der Waals surface area contributed by atoms with Crippen molar-refractivity contribution in [2.24, 2.45) is 0 Å². The van der Waals surface area contributed by atoms with Crippen LogP contribution in [0.3, 0.4) is 0 Å². The van der Waals surface area contributed by atoms with Gasteiger partial charge < -0.3 is 10.1 Å². The number of carbonyl (C=O) groups is 1. The van der Waals surface area contributed by atoms with Gasteiger partial charge in [-0.3, -0.25) is 9.10 Å². The fourth-order valence-corrected chi connectivity index (χ4v) is 5.50. The van der Waals surface area contributed by atoms with Gasteiger partial charge in [-0.25, -0.2) is 8.42 Å². The zero-order valence-electron chi connectivity index (χ0n) is 19.9. The molecule has 6 nitrogen and oxygen atoms in total. The first-order valence-corrected chi connectivity index (χ1v) is 14.0. The van der Waals surface area contributed by atoms with Crippen LogP contribution in [0.4, 0.5) is 11.4 Å². The Hall–Kier alpha value is -3.75. The van der Waals surface area contributed by atoms with Crippen molar-refractivity contribution >= 4 is 39.1 Å². The van der Waals surface area contributed by atoms with Gasteiger partial charge in [-0.05, 0) is 86.0 Å². The average Bonchev–Trinajstić information content (AvgIpc) is 2.91. The molecule has 0 aliphatic rings. The number of hydrogen-bond donors (Lipinski definition) is 1. The minimum absolute atomic E-state index is 0.221. The largest absolute Gasteiger partial charge is 0.455 e. The third kappa shape index (κ3) is 5.72. The van der Waals surface area contributed by atoms with Gasteiger partial charge in [-0.15, -0.1) is 11.8 Å². The van der Waals surface area contributed by atoms with E-state index in [1.807, 2.05) is 48.7 Å². The first-order chi connectivity index (χ1) is 17.4. The zero-order valence-corrected chi connectivity index (χ0v) is 21.6. The molecule has 184 valence electrons.